The van der Waals surface area contributed by atoms with Gasteiger partial charge in [0.05, 0.1) is 17.7 Å². The van der Waals surface area contributed by atoms with Crippen LogP contribution in [0.2, 0.25) is 5.02 Å². The SMILES string of the molecule is [C-]#[N+]c1ccc(N2C3CCC2CC(Oc2ccc(C4CCN(CC5CCN(c6ccc7c(c6)C(=O)N(C6CCC(=O)NC6=O)C7=O)CC5)CC4)cc2)C3)cc1Cl. The van der Waals surface area contributed by atoms with Gasteiger partial charge >= 0.3 is 0 Å². The average molecular weight is 775 g/mol. The minimum atomic E-state index is -0.954. The molecule has 0 aromatic heterocycles. The molecule has 4 amide bonds. The van der Waals surface area contributed by atoms with Crippen molar-refractivity contribution in [2.75, 3.05) is 42.5 Å². The first-order valence-electron chi connectivity index (χ1n) is 20.3. The third kappa shape index (κ3) is 7.03. The lowest BCUT2D eigenvalue weighted by atomic mass is 9.88. The second-order valence-electron chi connectivity index (χ2n) is 16.5. The summed E-state index contributed by atoms with van der Waals surface area (Å²) in [5.74, 6) is 0.226. The van der Waals surface area contributed by atoms with Crippen molar-refractivity contribution >= 4 is 52.3 Å². The Morgan fingerprint density at radius 1 is 0.768 bits per heavy atom. The van der Waals surface area contributed by atoms with E-state index in [0.29, 0.717) is 45.8 Å². The van der Waals surface area contributed by atoms with E-state index in [0.717, 1.165) is 106 Å². The van der Waals surface area contributed by atoms with Crippen LogP contribution in [0.1, 0.15) is 96.4 Å². The molecule has 3 aromatic rings. The average Bonchev–Trinajstić information content (AvgIpc) is 3.62. The summed E-state index contributed by atoms with van der Waals surface area (Å²) in [7, 11) is 0. The maximum absolute atomic E-state index is 13.3. The molecule has 5 saturated heterocycles. The number of hydrogen-bond acceptors (Lipinski definition) is 8. The van der Waals surface area contributed by atoms with Crippen LogP contribution < -0.4 is 19.9 Å². The minimum Gasteiger partial charge on any atom is -0.490 e. The number of benzene rings is 3. The molecule has 5 fully saturated rings. The Bertz CT molecular complexity index is 2070. The highest BCUT2D eigenvalue weighted by Crippen LogP contribution is 2.43. The predicted octanol–water partition coefficient (Wildman–Crippen LogP) is 6.97. The van der Waals surface area contributed by atoms with Crippen molar-refractivity contribution in [2.45, 2.75) is 94.4 Å². The summed E-state index contributed by atoms with van der Waals surface area (Å²) in [4.78, 5) is 62.5. The molecule has 3 aromatic carbocycles. The van der Waals surface area contributed by atoms with E-state index < -0.39 is 23.8 Å². The predicted molar refractivity (Wildman–Crippen MR) is 214 cm³/mol. The van der Waals surface area contributed by atoms with Crippen molar-refractivity contribution in [3.05, 3.63) is 93.8 Å². The van der Waals surface area contributed by atoms with Crippen LogP contribution in [0.4, 0.5) is 17.1 Å². The number of halogens is 1. The molecule has 3 atom stereocenters. The lowest BCUT2D eigenvalue weighted by molar-refractivity contribution is -0.136. The van der Waals surface area contributed by atoms with Gasteiger partial charge in [0, 0.05) is 67.4 Å². The molecule has 0 saturated carbocycles. The maximum Gasteiger partial charge on any atom is 0.262 e. The molecule has 2 bridgehead atoms. The number of imide groups is 2. The molecular weight excluding hydrogens is 728 g/mol. The fourth-order valence-electron chi connectivity index (χ4n) is 10.2. The van der Waals surface area contributed by atoms with Gasteiger partial charge in [-0.1, -0.05) is 29.8 Å². The molecule has 6 heterocycles. The highest BCUT2D eigenvalue weighted by Gasteiger charge is 2.45. The number of piperidine rings is 4. The third-order valence-electron chi connectivity index (χ3n) is 13.2. The van der Waals surface area contributed by atoms with Gasteiger partial charge in [-0.3, -0.25) is 29.4 Å². The van der Waals surface area contributed by atoms with Gasteiger partial charge in [0.15, 0.2) is 0 Å². The molecule has 12 heteroatoms. The number of nitrogens with one attached hydrogen (secondary N) is 1. The Morgan fingerprint density at radius 2 is 1.46 bits per heavy atom. The molecule has 0 aliphatic carbocycles. The number of ether oxygens (including phenoxy) is 1. The van der Waals surface area contributed by atoms with Gasteiger partial charge in [-0.25, -0.2) is 4.85 Å². The number of nitrogens with zero attached hydrogens (tertiary/aromatic N) is 5. The molecule has 0 spiro atoms. The zero-order valence-electron chi connectivity index (χ0n) is 31.5. The van der Waals surface area contributed by atoms with Crippen molar-refractivity contribution in [1.82, 2.24) is 15.1 Å². The van der Waals surface area contributed by atoms with E-state index in [2.05, 4.69) is 49.1 Å². The molecular formula is C44H47ClN6O5. The first kappa shape index (κ1) is 36.7. The Kier molecular flexibility index (Phi) is 9.96. The van der Waals surface area contributed by atoms with Crippen LogP contribution in [0.5, 0.6) is 5.75 Å². The minimum absolute atomic E-state index is 0.106. The van der Waals surface area contributed by atoms with Crippen molar-refractivity contribution in [1.29, 1.82) is 0 Å². The van der Waals surface area contributed by atoms with Gasteiger partial charge in [0.1, 0.15) is 17.9 Å². The Labute approximate surface area is 332 Å². The highest BCUT2D eigenvalue weighted by molar-refractivity contribution is 6.33. The summed E-state index contributed by atoms with van der Waals surface area (Å²) < 4.78 is 6.57. The fourth-order valence-corrected chi connectivity index (χ4v) is 10.5. The molecule has 0 radical (unpaired) electrons. The van der Waals surface area contributed by atoms with Crippen molar-refractivity contribution in [3.8, 4) is 5.75 Å². The van der Waals surface area contributed by atoms with Gasteiger partial charge in [-0.15, -0.1) is 0 Å². The topological polar surface area (TPSA) is 107 Å². The number of likely N-dealkylation sites (tertiary alicyclic amines) is 1. The van der Waals surface area contributed by atoms with E-state index in [1.165, 1.54) is 5.56 Å². The molecule has 9 rings (SSSR count). The number of amides is 4. The first-order chi connectivity index (χ1) is 27.2. The van der Waals surface area contributed by atoms with Crippen LogP contribution in [-0.4, -0.2) is 90.4 Å². The summed E-state index contributed by atoms with van der Waals surface area (Å²) in [6.07, 6.45) is 9.18. The van der Waals surface area contributed by atoms with E-state index in [-0.39, 0.29) is 24.9 Å². The normalized spacial score (nSPS) is 26.0. The van der Waals surface area contributed by atoms with Crippen LogP contribution in [0.25, 0.3) is 4.85 Å². The van der Waals surface area contributed by atoms with Crippen molar-refractivity contribution < 1.29 is 23.9 Å². The summed E-state index contributed by atoms with van der Waals surface area (Å²) >= 11 is 6.38. The quantitative estimate of drug-likeness (QED) is 0.193. The summed E-state index contributed by atoms with van der Waals surface area (Å²) in [5, 5.41) is 2.78. The van der Waals surface area contributed by atoms with Crippen LogP contribution in [0, 0.1) is 12.5 Å². The molecule has 3 unspecified atom stereocenters. The number of hydrogen-bond donors (Lipinski definition) is 1. The fraction of sp³-hybridized carbons (Fsp3) is 0.477. The maximum atomic E-state index is 13.3. The summed E-state index contributed by atoms with van der Waals surface area (Å²) in [6.45, 7) is 12.4. The lowest BCUT2D eigenvalue weighted by Gasteiger charge is -2.40. The standard InChI is InChI=1S/C44H47ClN6O5/c1-46-39-11-7-33(25-38(39)45)50-31-4-5-32(50)23-35(22-31)56-34-8-2-28(3-9-34)29-16-18-48(19-17-29)26-27-14-20-49(21-15-27)30-6-10-36-37(24-30)44(55)51(43(36)54)40-12-13-41(52)47-42(40)53/h2-3,6-11,24-25,27,29,31-32,35,40H,4-5,12-23,26H2,(H,47,52,53). The number of rotatable bonds is 8. The van der Waals surface area contributed by atoms with Crippen LogP contribution in [0.3, 0.4) is 0 Å². The zero-order valence-corrected chi connectivity index (χ0v) is 32.3. The highest BCUT2D eigenvalue weighted by atomic mass is 35.5. The van der Waals surface area contributed by atoms with Gasteiger partial charge < -0.3 is 19.4 Å². The largest absolute Gasteiger partial charge is 0.490 e. The summed E-state index contributed by atoms with van der Waals surface area (Å²) in [6, 6.07) is 20.0. The van der Waals surface area contributed by atoms with E-state index in [1.54, 1.807) is 12.1 Å². The zero-order chi connectivity index (χ0) is 38.5. The second kappa shape index (κ2) is 15.2. The monoisotopic (exact) mass is 774 g/mol. The van der Waals surface area contributed by atoms with Gasteiger partial charge in [-0.05, 0) is 118 Å². The van der Waals surface area contributed by atoms with E-state index in [1.807, 2.05) is 24.3 Å². The number of fused-ring (bicyclic) bond motifs is 3. The van der Waals surface area contributed by atoms with E-state index in [9.17, 15) is 19.2 Å². The van der Waals surface area contributed by atoms with Crippen molar-refractivity contribution in [2.24, 2.45) is 5.92 Å². The molecule has 1 N–H and O–H groups in total. The van der Waals surface area contributed by atoms with Crippen LogP contribution >= 0.6 is 11.6 Å². The second-order valence-corrected chi connectivity index (χ2v) is 16.9. The first-order valence-corrected chi connectivity index (χ1v) is 20.6. The Balaban J connectivity index is 0.724. The van der Waals surface area contributed by atoms with Crippen molar-refractivity contribution in [3.63, 3.8) is 0 Å². The molecule has 11 nitrogen and oxygen atoms in total. The summed E-state index contributed by atoms with van der Waals surface area (Å²) in [5.41, 5.74) is 4.59. The lowest BCUT2D eigenvalue weighted by Crippen LogP contribution is -2.54. The van der Waals surface area contributed by atoms with Crippen LogP contribution in [0.15, 0.2) is 60.7 Å². The molecule has 290 valence electrons. The molecule has 56 heavy (non-hydrogen) atoms. The Morgan fingerprint density at radius 3 is 2.14 bits per heavy atom. The Hall–Kier alpha value is -4.92. The van der Waals surface area contributed by atoms with Gasteiger partial charge in [0.25, 0.3) is 11.8 Å². The number of carbonyl (C=O) groups excluding carboxylic acids is 4. The molecule has 6 aliphatic rings. The van der Waals surface area contributed by atoms with Gasteiger partial charge in [-0.2, -0.15) is 0 Å². The van der Waals surface area contributed by atoms with E-state index in [4.69, 9.17) is 22.9 Å². The molecule has 6 aliphatic heterocycles. The van der Waals surface area contributed by atoms with E-state index >= 15 is 0 Å². The third-order valence-corrected chi connectivity index (χ3v) is 13.5. The van der Waals surface area contributed by atoms with Gasteiger partial charge in [0.2, 0.25) is 17.5 Å². The number of anilines is 2. The number of carbonyl (C=O) groups is 4. The smallest absolute Gasteiger partial charge is 0.262 e. The van der Waals surface area contributed by atoms with Crippen LogP contribution in [-0.2, 0) is 9.59 Å².